The molecule has 1 aliphatic heterocycles. The van der Waals surface area contributed by atoms with Crippen molar-refractivity contribution >= 4 is 17.8 Å². The van der Waals surface area contributed by atoms with Gasteiger partial charge in [0.15, 0.2) is 0 Å². The van der Waals surface area contributed by atoms with E-state index in [1.165, 1.54) is 5.56 Å². The number of aromatic nitrogens is 3. The molecule has 2 aromatic carbocycles. The lowest BCUT2D eigenvalue weighted by Crippen LogP contribution is -2.39. The van der Waals surface area contributed by atoms with Crippen molar-refractivity contribution in [3.05, 3.63) is 84.3 Å². The minimum Gasteiger partial charge on any atom is -0.410 e. The standard InChI is InChI=1S/C30H34N8O3/c1-37-18-24(17-35-37)23-14-27(28(32)34-16-23)29(39)36-25-9-12-38(19-25)30(40)41-26-4-2-3-22(13-26)21-7-5-20(6-8-21)15-33-11-10-31/h2-8,13-14,16-18,25,33H,9-12,15,19,31H2,1H3,(H2,32,34)(H,36,39)/t25-/m1/s1. The highest BCUT2D eigenvalue weighted by molar-refractivity contribution is 5.99. The number of rotatable bonds is 9. The third-order valence-electron chi connectivity index (χ3n) is 6.96. The molecule has 11 heteroatoms. The fourth-order valence-electron chi connectivity index (χ4n) is 4.75. The molecule has 41 heavy (non-hydrogen) atoms. The average Bonchev–Trinajstić information content (AvgIpc) is 3.63. The summed E-state index contributed by atoms with van der Waals surface area (Å²) in [6.07, 6.45) is 5.29. The molecule has 212 valence electrons. The van der Waals surface area contributed by atoms with Gasteiger partial charge in [0.25, 0.3) is 5.91 Å². The van der Waals surface area contributed by atoms with Crippen LogP contribution < -0.4 is 26.8 Å². The van der Waals surface area contributed by atoms with E-state index in [9.17, 15) is 9.59 Å². The Balaban J connectivity index is 1.17. The summed E-state index contributed by atoms with van der Waals surface area (Å²) in [5, 5.41) is 10.4. The number of nitrogens with one attached hydrogen (secondary N) is 2. The van der Waals surface area contributed by atoms with Crippen LogP contribution in [-0.2, 0) is 13.6 Å². The van der Waals surface area contributed by atoms with Crippen molar-refractivity contribution in [2.45, 2.75) is 19.0 Å². The molecular weight excluding hydrogens is 520 g/mol. The van der Waals surface area contributed by atoms with Crippen LogP contribution in [0.25, 0.3) is 22.3 Å². The Kier molecular flexibility index (Phi) is 8.56. The topological polar surface area (TPSA) is 153 Å². The Hall–Kier alpha value is -4.74. The predicted octanol–water partition coefficient (Wildman–Crippen LogP) is 2.78. The molecule has 5 rings (SSSR count). The Morgan fingerprint density at radius 1 is 1.05 bits per heavy atom. The maximum atomic E-state index is 13.0. The quantitative estimate of drug-likeness (QED) is 0.230. The van der Waals surface area contributed by atoms with Gasteiger partial charge in [-0.25, -0.2) is 9.78 Å². The zero-order valence-electron chi connectivity index (χ0n) is 22.9. The van der Waals surface area contributed by atoms with Gasteiger partial charge in [0.05, 0.1) is 11.8 Å². The molecule has 1 fully saturated rings. The first kappa shape index (κ1) is 27.8. The largest absolute Gasteiger partial charge is 0.415 e. The number of hydrogen-bond acceptors (Lipinski definition) is 8. The summed E-state index contributed by atoms with van der Waals surface area (Å²) < 4.78 is 7.36. The number of nitrogens with two attached hydrogens (primary N) is 2. The maximum absolute atomic E-state index is 13.0. The molecule has 1 saturated heterocycles. The monoisotopic (exact) mass is 554 g/mol. The summed E-state index contributed by atoms with van der Waals surface area (Å²) >= 11 is 0. The van der Waals surface area contributed by atoms with Crippen LogP contribution in [0.3, 0.4) is 0 Å². The Bertz CT molecular complexity index is 1520. The zero-order chi connectivity index (χ0) is 28.8. The molecule has 0 aliphatic carbocycles. The van der Waals surface area contributed by atoms with Gasteiger partial charge in [-0.1, -0.05) is 36.4 Å². The SMILES string of the molecule is Cn1cc(-c2cnc(N)c(C(=O)N[C@@H]3CCN(C(=O)Oc4cccc(-c5ccc(CNCCN)cc5)c4)C3)c2)cn1. The van der Waals surface area contributed by atoms with Gasteiger partial charge in [-0.05, 0) is 41.3 Å². The lowest BCUT2D eigenvalue weighted by Gasteiger charge is -2.17. The van der Waals surface area contributed by atoms with E-state index in [1.807, 2.05) is 43.6 Å². The van der Waals surface area contributed by atoms with Crippen LogP contribution in [-0.4, -0.2) is 63.9 Å². The van der Waals surface area contributed by atoms with Crippen LogP contribution in [0.5, 0.6) is 5.75 Å². The van der Waals surface area contributed by atoms with Gasteiger partial charge in [0, 0.05) is 69.3 Å². The molecule has 1 aliphatic rings. The fraction of sp³-hybridized carbons (Fsp3) is 0.267. The van der Waals surface area contributed by atoms with Gasteiger partial charge in [0.2, 0.25) is 0 Å². The van der Waals surface area contributed by atoms with Gasteiger partial charge in [-0.3, -0.25) is 9.48 Å². The molecule has 3 heterocycles. The number of pyridine rings is 1. The van der Waals surface area contributed by atoms with E-state index >= 15 is 0 Å². The van der Waals surface area contributed by atoms with Crippen molar-refractivity contribution in [2.75, 3.05) is 31.9 Å². The van der Waals surface area contributed by atoms with Crippen molar-refractivity contribution in [1.82, 2.24) is 30.3 Å². The number of nitrogen functional groups attached to an aromatic ring is 1. The molecule has 4 aromatic rings. The molecular formula is C30H34N8O3. The van der Waals surface area contributed by atoms with E-state index in [4.69, 9.17) is 16.2 Å². The van der Waals surface area contributed by atoms with E-state index in [1.54, 1.807) is 34.1 Å². The normalized spacial score (nSPS) is 14.7. The summed E-state index contributed by atoms with van der Waals surface area (Å²) in [5.41, 5.74) is 16.5. The van der Waals surface area contributed by atoms with Crippen LogP contribution >= 0.6 is 0 Å². The molecule has 0 saturated carbocycles. The number of hydrogen-bond donors (Lipinski definition) is 4. The van der Waals surface area contributed by atoms with Crippen LogP contribution in [0, 0.1) is 0 Å². The molecule has 0 radical (unpaired) electrons. The fourth-order valence-corrected chi connectivity index (χ4v) is 4.75. The first-order valence-corrected chi connectivity index (χ1v) is 13.5. The highest BCUT2D eigenvalue weighted by Crippen LogP contribution is 2.26. The first-order chi connectivity index (χ1) is 19.9. The molecule has 0 spiro atoms. The van der Waals surface area contributed by atoms with E-state index in [0.717, 1.165) is 35.3 Å². The van der Waals surface area contributed by atoms with Crippen molar-refractivity contribution in [3.63, 3.8) is 0 Å². The van der Waals surface area contributed by atoms with Gasteiger partial charge >= 0.3 is 6.09 Å². The van der Waals surface area contributed by atoms with Crippen LogP contribution in [0.2, 0.25) is 0 Å². The third kappa shape index (κ3) is 6.89. The lowest BCUT2D eigenvalue weighted by atomic mass is 10.0. The second-order valence-corrected chi connectivity index (χ2v) is 10.0. The predicted molar refractivity (Wildman–Crippen MR) is 157 cm³/mol. The van der Waals surface area contributed by atoms with Crippen molar-refractivity contribution in [2.24, 2.45) is 12.8 Å². The molecule has 11 nitrogen and oxygen atoms in total. The third-order valence-corrected chi connectivity index (χ3v) is 6.96. The highest BCUT2D eigenvalue weighted by Gasteiger charge is 2.29. The molecule has 2 aromatic heterocycles. The molecule has 6 N–H and O–H groups in total. The Morgan fingerprint density at radius 3 is 2.63 bits per heavy atom. The van der Waals surface area contributed by atoms with Gasteiger partial charge < -0.3 is 31.7 Å². The van der Waals surface area contributed by atoms with Crippen LogP contribution in [0.4, 0.5) is 10.6 Å². The Morgan fingerprint density at radius 2 is 1.88 bits per heavy atom. The number of benzene rings is 2. The number of nitrogens with zero attached hydrogens (tertiary/aromatic N) is 4. The average molecular weight is 555 g/mol. The van der Waals surface area contributed by atoms with Gasteiger partial charge in [-0.2, -0.15) is 5.10 Å². The summed E-state index contributed by atoms with van der Waals surface area (Å²) in [6.45, 7) is 2.93. The summed E-state index contributed by atoms with van der Waals surface area (Å²) in [5.74, 6) is 0.261. The smallest absolute Gasteiger partial charge is 0.410 e. The summed E-state index contributed by atoms with van der Waals surface area (Å²) in [7, 11) is 1.82. The molecule has 0 bridgehead atoms. The molecule has 1 atom stereocenters. The van der Waals surface area contributed by atoms with Crippen molar-refractivity contribution < 1.29 is 14.3 Å². The number of anilines is 1. The number of amides is 2. The molecule has 0 unspecified atom stereocenters. The molecule has 2 amide bonds. The lowest BCUT2D eigenvalue weighted by molar-refractivity contribution is 0.0937. The number of carbonyl (C=O) groups is 2. The Labute approximate surface area is 238 Å². The minimum atomic E-state index is -0.458. The van der Waals surface area contributed by atoms with E-state index < -0.39 is 6.09 Å². The van der Waals surface area contributed by atoms with Gasteiger partial charge in [-0.15, -0.1) is 0 Å². The number of aryl methyl sites for hydroxylation is 1. The highest BCUT2D eigenvalue weighted by atomic mass is 16.6. The summed E-state index contributed by atoms with van der Waals surface area (Å²) in [4.78, 5) is 31.7. The number of likely N-dealkylation sites (tertiary alicyclic amines) is 1. The van der Waals surface area contributed by atoms with Crippen molar-refractivity contribution in [3.8, 4) is 28.0 Å². The number of carbonyl (C=O) groups excluding carboxylic acids is 2. The second-order valence-electron chi connectivity index (χ2n) is 10.0. The maximum Gasteiger partial charge on any atom is 0.415 e. The van der Waals surface area contributed by atoms with E-state index in [-0.39, 0.29) is 23.3 Å². The zero-order valence-corrected chi connectivity index (χ0v) is 22.9. The van der Waals surface area contributed by atoms with Crippen LogP contribution in [0.15, 0.2) is 73.2 Å². The minimum absolute atomic E-state index is 0.141. The summed E-state index contributed by atoms with van der Waals surface area (Å²) in [6, 6.07) is 17.1. The van der Waals surface area contributed by atoms with E-state index in [2.05, 4.69) is 32.8 Å². The number of ether oxygens (including phenoxy) is 1. The van der Waals surface area contributed by atoms with E-state index in [0.29, 0.717) is 31.8 Å². The van der Waals surface area contributed by atoms with Crippen molar-refractivity contribution in [1.29, 1.82) is 0 Å². The van der Waals surface area contributed by atoms with Gasteiger partial charge in [0.1, 0.15) is 11.6 Å². The second kappa shape index (κ2) is 12.6. The first-order valence-electron chi connectivity index (χ1n) is 13.5. The van der Waals surface area contributed by atoms with Crippen LogP contribution in [0.1, 0.15) is 22.3 Å².